The maximum absolute atomic E-state index is 12.0. The molecule has 1 saturated heterocycles. The van der Waals surface area contributed by atoms with Crippen molar-refractivity contribution >= 4 is 11.8 Å². The van der Waals surface area contributed by atoms with Gasteiger partial charge in [-0.3, -0.25) is 9.59 Å². The number of amides is 2. The minimum atomic E-state index is -0.431. The summed E-state index contributed by atoms with van der Waals surface area (Å²) in [6.07, 6.45) is 0. The molecule has 2 atom stereocenters. The Balaban J connectivity index is 2.77. The fourth-order valence-corrected chi connectivity index (χ4v) is 1.99. The lowest BCUT2D eigenvalue weighted by molar-refractivity contribution is -0.148. The van der Waals surface area contributed by atoms with Gasteiger partial charge in [0.15, 0.2) is 0 Å². The van der Waals surface area contributed by atoms with Crippen LogP contribution >= 0.6 is 0 Å². The first kappa shape index (κ1) is 14.0. The van der Waals surface area contributed by atoms with E-state index in [1.807, 2.05) is 20.8 Å². The largest absolute Gasteiger partial charge is 0.380 e. The molecule has 2 unspecified atom stereocenters. The van der Waals surface area contributed by atoms with Gasteiger partial charge in [-0.1, -0.05) is 13.8 Å². The van der Waals surface area contributed by atoms with Crippen molar-refractivity contribution in [1.82, 2.24) is 10.2 Å². The average molecular weight is 242 g/mol. The van der Waals surface area contributed by atoms with Crippen LogP contribution in [0.2, 0.25) is 0 Å². The fraction of sp³-hybridized carbons (Fsp3) is 0.833. The Labute approximate surface area is 102 Å². The molecule has 5 heteroatoms. The van der Waals surface area contributed by atoms with Crippen molar-refractivity contribution in [3.05, 3.63) is 0 Å². The SMILES string of the molecule is CCOCC(C(C)C)N1CC(=O)NC(C)C1=O. The third kappa shape index (κ3) is 3.43. The van der Waals surface area contributed by atoms with E-state index < -0.39 is 6.04 Å². The summed E-state index contributed by atoms with van der Waals surface area (Å²) in [6, 6.07) is -0.463. The Hall–Kier alpha value is -1.10. The van der Waals surface area contributed by atoms with Crippen LogP contribution in [0.3, 0.4) is 0 Å². The molecule has 1 heterocycles. The van der Waals surface area contributed by atoms with E-state index in [-0.39, 0.29) is 30.3 Å². The first-order valence-electron chi connectivity index (χ1n) is 6.15. The van der Waals surface area contributed by atoms with Crippen molar-refractivity contribution < 1.29 is 14.3 Å². The Morgan fingerprint density at radius 3 is 2.65 bits per heavy atom. The minimum absolute atomic E-state index is 0.0250. The molecule has 1 N–H and O–H groups in total. The number of hydrogen-bond acceptors (Lipinski definition) is 3. The smallest absolute Gasteiger partial charge is 0.245 e. The highest BCUT2D eigenvalue weighted by molar-refractivity contribution is 5.94. The van der Waals surface area contributed by atoms with Crippen LogP contribution in [0.5, 0.6) is 0 Å². The van der Waals surface area contributed by atoms with Crippen LogP contribution < -0.4 is 5.32 Å². The molecule has 1 aliphatic rings. The molecular weight excluding hydrogens is 220 g/mol. The molecule has 0 aromatic heterocycles. The topological polar surface area (TPSA) is 58.6 Å². The van der Waals surface area contributed by atoms with E-state index in [0.29, 0.717) is 13.2 Å². The maximum atomic E-state index is 12.0. The first-order valence-corrected chi connectivity index (χ1v) is 6.15. The molecule has 98 valence electrons. The van der Waals surface area contributed by atoms with Gasteiger partial charge in [-0.15, -0.1) is 0 Å². The van der Waals surface area contributed by atoms with Gasteiger partial charge in [-0.05, 0) is 19.8 Å². The molecule has 0 saturated carbocycles. The molecule has 1 aliphatic heterocycles. The van der Waals surface area contributed by atoms with Crippen molar-refractivity contribution in [3.63, 3.8) is 0 Å². The van der Waals surface area contributed by atoms with Crippen LogP contribution in [0.25, 0.3) is 0 Å². The van der Waals surface area contributed by atoms with Gasteiger partial charge in [-0.25, -0.2) is 0 Å². The van der Waals surface area contributed by atoms with Crippen molar-refractivity contribution in [1.29, 1.82) is 0 Å². The summed E-state index contributed by atoms with van der Waals surface area (Å²) in [5.74, 6) is 0.144. The number of piperazine rings is 1. The lowest BCUT2D eigenvalue weighted by Gasteiger charge is -2.38. The van der Waals surface area contributed by atoms with Crippen LogP contribution in [0.4, 0.5) is 0 Å². The normalized spacial score (nSPS) is 22.9. The van der Waals surface area contributed by atoms with E-state index in [1.165, 1.54) is 0 Å². The summed E-state index contributed by atoms with van der Waals surface area (Å²) in [5, 5.41) is 2.64. The van der Waals surface area contributed by atoms with E-state index in [4.69, 9.17) is 4.74 Å². The Kier molecular flexibility index (Phi) is 4.93. The molecule has 5 nitrogen and oxygen atoms in total. The summed E-state index contributed by atoms with van der Waals surface area (Å²) in [5.41, 5.74) is 0. The number of nitrogens with zero attached hydrogens (tertiary/aromatic N) is 1. The van der Waals surface area contributed by atoms with Gasteiger partial charge < -0.3 is 15.0 Å². The standard InChI is InChI=1S/C12H22N2O3/c1-5-17-7-10(8(2)3)14-6-11(15)13-9(4)12(14)16/h8-10H,5-7H2,1-4H3,(H,13,15). The van der Waals surface area contributed by atoms with Crippen LogP contribution in [0, 0.1) is 5.92 Å². The minimum Gasteiger partial charge on any atom is -0.380 e. The third-order valence-electron chi connectivity index (χ3n) is 3.01. The van der Waals surface area contributed by atoms with Gasteiger partial charge in [0.1, 0.15) is 6.04 Å². The van der Waals surface area contributed by atoms with Crippen molar-refractivity contribution in [3.8, 4) is 0 Å². The predicted molar refractivity (Wildman–Crippen MR) is 64.4 cm³/mol. The Bertz CT molecular complexity index is 291. The molecule has 17 heavy (non-hydrogen) atoms. The molecule has 1 fully saturated rings. The van der Waals surface area contributed by atoms with Gasteiger partial charge in [0, 0.05) is 6.61 Å². The number of carbonyl (C=O) groups excluding carboxylic acids is 2. The van der Waals surface area contributed by atoms with Gasteiger partial charge in [-0.2, -0.15) is 0 Å². The highest BCUT2D eigenvalue weighted by Gasteiger charge is 2.35. The van der Waals surface area contributed by atoms with Gasteiger partial charge in [0.05, 0.1) is 19.2 Å². The van der Waals surface area contributed by atoms with E-state index in [0.717, 1.165) is 0 Å². The van der Waals surface area contributed by atoms with Crippen LogP contribution in [0.15, 0.2) is 0 Å². The predicted octanol–water partition coefficient (Wildman–Crippen LogP) is 0.394. The highest BCUT2D eigenvalue weighted by Crippen LogP contribution is 2.15. The van der Waals surface area contributed by atoms with Crippen LogP contribution in [-0.2, 0) is 14.3 Å². The third-order valence-corrected chi connectivity index (χ3v) is 3.01. The molecule has 0 aliphatic carbocycles. The Morgan fingerprint density at radius 2 is 2.12 bits per heavy atom. The first-order chi connectivity index (χ1) is 7.97. The summed E-state index contributed by atoms with van der Waals surface area (Å²) in [7, 11) is 0. The zero-order valence-corrected chi connectivity index (χ0v) is 11.0. The monoisotopic (exact) mass is 242 g/mol. The number of ether oxygens (including phenoxy) is 1. The molecule has 0 bridgehead atoms. The molecule has 0 aromatic rings. The van der Waals surface area contributed by atoms with Crippen molar-refractivity contribution in [2.45, 2.75) is 39.8 Å². The van der Waals surface area contributed by atoms with E-state index in [1.54, 1.807) is 11.8 Å². The zero-order valence-electron chi connectivity index (χ0n) is 11.0. The molecule has 2 amide bonds. The summed E-state index contributed by atoms with van der Waals surface area (Å²) < 4.78 is 5.40. The van der Waals surface area contributed by atoms with Crippen LogP contribution in [0.1, 0.15) is 27.7 Å². The van der Waals surface area contributed by atoms with Crippen molar-refractivity contribution in [2.75, 3.05) is 19.8 Å². The van der Waals surface area contributed by atoms with Gasteiger partial charge in [0.25, 0.3) is 0 Å². The lowest BCUT2D eigenvalue weighted by atomic mass is 10.0. The maximum Gasteiger partial charge on any atom is 0.245 e. The van der Waals surface area contributed by atoms with E-state index >= 15 is 0 Å². The Morgan fingerprint density at radius 1 is 1.47 bits per heavy atom. The zero-order chi connectivity index (χ0) is 13.0. The number of rotatable bonds is 5. The molecule has 1 rings (SSSR count). The quantitative estimate of drug-likeness (QED) is 0.759. The second-order valence-electron chi connectivity index (χ2n) is 4.73. The number of nitrogens with one attached hydrogen (secondary N) is 1. The number of hydrogen-bond donors (Lipinski definition) is 1. The molecule has 0 spiro atoms. The summed E-state index contributed by atoms with van der Waals surface area (Å²) in [6.45, 7) is 8.95. The fourth-order valence-electron chi connectivity index (χ4n) is 1.99. The molecular formula is C12H22N2O3. The van der Waals surface area contributed by atoms with E-state index in [2.05, 4.69) is 5.32 Å². The second kappa shape index (κ2) is 6.00. The summed E-state index contributed by atoms with van der Waals surface area (Å²) in [4.78, 5) is 25.2. The van der Waals surface area contributed by atoms with E-state index in [9.17, 15) is 9.59 Å². The van der Waals surface area contributed by atoms with Gasteiger partial charge >= 0.3 is 0 Å². The van der Waals surface area contributed by atoms with Crippen molar-refractivity contribution in [2.24, 2.45) is 5.92 Å². The molecule has 0 radical (unpaired) electrons. The molecule has 0 aromatic carbocycles. The lowest BCUT2D eigenvalue weighted by Crippen LogP contribution is -2.61. The summed E-state index contributed by atoms with van der Waals surface area (Å²) >= 11 is 0. The number of carbonyl (C=O) groups is 2. The second-order valence-corrected chi connectivity index (χ2v) is 4.73. The average Bonchev–Trinajstić information content (AvgIpc) is 2.24. The highest BCUT2D eigenvalue weighted by atomic mass is 16.5. The van der Waals surface area contributed by atoms with Gasteiger partial charge in [0.2, 0.25) is 11.8 Å². The van der Waals surface area contributed by atoms with Crippen LogP contribution in [-0.4, -0.2) is 48.6 Å².